The first kappa shape index (κ1) is 7.90. The number of carbonyl (C=O) groups is 2. The van der Waals surface area contributed by atoms with Crippen LogP contribution in [0.15, 0.2) is 0 Å². The lowest BCUT2D eigenvalue weighted by molar-refractivity contribution is -0.142. The molecule has 0 radical (unpaired) electrons. The van der Waals surface area contributed by atoms with Crippen LogP contribution in [0.2, 0.25) is 0 Å². The highest BCUT2D eigenvalue weighted by Gasteiger charge is 1.92. The molecule has 2 N–H and O–H groups in total. The van der Waals surface area contributed by atoms with Gasteiger partial charge in [-0.1, -0.05) is 0 Å². The molecule has 0 saturated carbocycles. The van der Waals surface area contributed by atoms with Gasteiger partial charge in [0.2, 0.25) is 6.41 Å². The van der Waals surface area contributed by atoms with Gasteiger partial charge in [0.05, 0.1) is 0 Å². The van der Waals surface area contributed by atoms with Gasteiger partial charge in [0.25, 0.3) is 0 Å². The van der Waals surface area contributed by atoms with Gasteiger partial charge in [-0.3, -0.25) is 4.79 Å². The maximum Gasteiger partial charge on any atom is 0.329 e. The molecule has 0 spiro atoms. The van der Waals surface area contributed by atoms with E-state index >= 15 is 0 Å². The molecule has 0 unspecified atom stereocenters. The number of carboxylic acid groups (broad SMARTS) is 1. The Bertz CT molecular complexity index is 103. The molecule has 0 saturated heterocycles. The van der Waals surface area contributed by atoms with Crippen molar-refractivity contribution in [3.05, 3.63) is 0 Å². The van der Waals surface area contributed by atoms with E-state index in [0.29, 0.717) is 6.41 Å². The number of ether oxygens (including phenoxy) is 1. The number of aliphatic carboxylic acids is 1. The molecule has 0 heterocycles. The van der Waals surface area contributed by atoms with Crippen molar-refractivity contribution in [2.45, 2.75) is 0 Å². The van der Waals surface area contributed by atoms with Crippen molar-refractivity contribution in [3.8, 4) is 0 Å². The Kier molecular flexibility index (Phi) is 4.43. The molecular formula is C4H7NO4. The van der Waals surface area contributed by atoms with Gasteiger partial charge in [0.15, 0.2) is 0 Å². The van der Waals surface area contributed by atoms with Crippen molar-refractivity contribution in [2.24, 2.45) is 0 Å². The number of carboxylic acids is 1. The monoisotopic (exact) mass is 133 g/mol. The summed E-state index contributed by atoms with van der Waals surface area (Å²) in [5.74, 6) is -1.05. The molecule has 0 rings (SSSR count). The highest BCUT2D eigenvalue weighted by Crippen LogP contribution is 1.68. The summed E-state index contributed by atoms with van der Waals surface area (Å²) in [5.41, 5.74) is 0. The van der Waals surface area contributed by atoms with E-state index in [1.165, 1.54) is 0 Å². The molecule has 1 amide bonds. The number of hydrogen-bond acceptors (Lipinski definition) is 3. The van der Waals surface area contributed by atoms with Crippen LogP contribution >= 0.6 is 0 Å². The third kappa shape index (κ3) is 6.90. The Morgan fingerprint density at radius 3 is 2.89 bits per heavy atom. The quantitative estimate of drug-likeness (QED) is 0.280. The minimum absolute atomic E-state index is 0.0597. The first-order valence-corrected chi connectivity index (χ1v) is 2.24. The van der Waals surface area contributed by atoms with E-state index in [1.54, 1.807) is 0 Å². The Morgan fingerprint density at radius 2 is 2.44 bits per heavy atom. The summed E-state index contributed by atoms with van der Waals surface area (Å²) in [6, 6.07) is 0. The van der Waals surface area contributed by atoms with Crippen LogP contribution in [-0.2, 0) is 14.3 Å². The lowest BCUT2D eigenvalue weighted by Gasteiger charge is -1.96. The highest BCUT2D eigenvalue weighted by atomic mass is 16.5. The minimum atomic E-state index is -1.05. The molecule has 0 aliphatic carbocycles. The largest absolute Gasteiger partial charge is 0.480 e. The van der Waals surface area contributed by atoms with Crippen LogP contribution in [0.5, 0.6) is 0 Å². The summed E-state index contributed by atoms with van der Waals surface area (Å²) < 4.78 is 4.39. The van der Waals surface area contributed by atoms with E-state index in [-0.39, 0.29) is 13.3 Å². The van der Waals surface area contributed by atoms with Crippen molar-refractivity contribution in [1.29, 1.82) is 0 Å². The van der Waals surface area contributed by atoms with Gasteiger partial charge in [-0.15, -0.1) is 0 Å². The van der Waals surface area contributed by atoms with Gasteiger partial charge < -0.3 is 15.2 Å². The van der Waals surface area contributed by atoms with E-state index in [0.717, 1.165) is 0 Å². The Morgan fingerprint density at radius 1 is 1.78 bits per heavy atom. The van der Waals surface area contributed by atoms with Crippen molar-refractivity contribution < 1.29 is 19.4 Å². The number of rotatable bonds is 5. The van der Waals surface area contributed by atoms with Gasteiger partial charge in [-0.25, -0.2) is 4.79 Å². The van der Waals surface area contributed by atoms with Gasteiger partial charge in [0, 0.05) is 0 Å². The molecular weight excluding hydrogens is 126 g/mol. The van der Waals surface area contributed by atoms with Crippen LogP contribution in [0, 0.1) is 0 Å². The second-order valence-corrected chi connectivity index (χ2v) is 1.21. The number of hydrogen-bond donors (Lipinski definition) is 2. The van der Waals surface area contributed by atoms with Crippen molar-refractivity contribution >= 4 is 12.4 Å². The molecule has 9 heavy (non-hydrogen) atoms. The summed E-state index contributed by atoms with van der Waals surface area (Å²) in [6.45, 7) is -0.448. The third-order valence-corrected chi connectivity index (χ3v) is 0.494. The molecule has 0 atom stereocenters. The van der Waals surface area contributed by atoms with Crippen molar-refractivity contribution in [1.82, 2.24) is 5.32 Å². The first-order chi connectivity index (χ1) is 4.27. The average molecular weight is 133 g/mol. The number of amides is 1. The third-order valence-electron chi connectivity index (χ3n) is 0.494. The Labute approximate surface area is 51.6 Å². The van der Waals surface area contributed by atoms with Gasteiger partial charge in [-0.05, 0) is 0 Å². The maximum absolute atomic E-state index is 9.72. The van der Waals surface area contributed by atoms with Crippen LogP contribution < -0.4 is 5.32 Å². The fourth-order valence-corrected chi connectivity index (χ4v) is 0.231. The molecule has 0 aliphatic heterocycles. The van der Waals surface area contributed by atoms with Gasteiger partial charge in [-0.2, -0.15) is 0 Å². The van der Waals surface area contributed by atoms with E-state index in [4.69, 9.17) is 5.11 Å². The van der Waals surface area contributed by atoms with Crippen molar-refractivity contribution in [2.75, 3.05) is 13.3 Å². The summed E-state index contributed by atoms with van der Waals surface area (Å²) in [7, 11) is 0. The van der Waals surface area contributed by atoms with Crippen LogP contribution in [0.3, 0.4) is 0 Å². The Balaban J connectivity index is 2.91. The predicted molar refractivity (Wildman–Crippen MR) is 27.7 cm³/mol. The molecule has 0 aromatic rings. The van der Waals surface area contributed by atoms with E-state index < -0.39 is 5.97 Å². The highest BCUT2D eigenvalue weighted by molar-refractivity contribution is 5.68. The van der Waals surface area contributed by atoms with Crippen LogP contribution in [0.25, 0.3) is 0 Å². The van der Waals surface area contributed by atoms with Gasteiger partial charge >= 0.3 is 5.97 Å². The molecule has 0 bridgehead atoms. The molecule has 52 valence electrons. The molecule has 0 fully saturated rings. The summed E-state index contributed by atoms with van der Waals surface area (Å²) >= 11 is 0. The van der Waals surface area contributed by atoms with E-state index in [1.807, 2.05) is 0 Å². The molecule has 0 aliphatic rings. The van der Waals surface area contributed by atoms with E-state index in [9.17, 15) is 9.59 Å². The number of nitrogens with one attached hydrogen (secondary N) is 1. The second-order valence-electron chi connectivity index (χ2n) is 1.21. The second kappa shape index (κ2) is 5.04. The van der Waals surface area contributed by atoms with Crippen LogP contribution in [0.1, 0.15) is 0 Å². The normalized spacial score (nSPS) is 8.44. The summed E-state index contributed by atoms with van der Waals surface area (Å²) in [5, 5.41) is 10.1. The molecule has 5 nitrogen and oxygen atoms in total. The molecule has 0 aromatic heterocycles. The summed E-state index contributed by atoms with van der Waals surface area (Å²) in [4.78, 5) is 19.2. The Hall–Kier alpha value is -1.10. The standard InChI is InChI=1S/C4H7NO4/c6-2-5-3-9-1-4(7)8/h2H,1,3H2,(H,5,6)(H,7,8). The van der Waals surface area contributed by atoms with Crippen LogP contribution in [-0.4, -0.2) is 30.8 Å². The smallest absolute Gasteiger partial charge is 0.329 e. The predicted octanol–water partition coefficient (Wildman–Crippen LogP) is -1.21. The first-order valence-electron chi connectivity index (χ1n) is 2.24. The topological polar surface area (TPSA) is 75.6 Å². The average Bonchev–Trinajstić information content (AvgIpc) is 1.80. The number of carbonyl (C=O) groups excluding carboxylic acids is 1. The van der Waals surface area contributed by atoms with Gasteiger partial charge in [0.1, 0.15) is 13.3 Å². The SMILES string of the molecule is O=CNCOCC(=O)O. The van der Waals surface area contributed by atoms with Crippen LogP contribution in [0.4, 0.5) is 0 Å². The zero-order valence-corrected chi connectivity index (χ0v) is 4.66. The fraction of sp³-hybridized carbons (Fsp3) is 0.500. The zero-order valence-electron chi connectivity index (χ0n) is 4.66. The zero-order chi connectivity index (χ0) is 7.11. The van der Waals surface area contributed by atoms with E-state index in [2.05, 4.69) is 10.1 Å². The fourth-order valence-electron chi connectivity index (χ4n) is 0.231. The molecule has 5 heteroatoms. The lowest BCUT2D eigenvalue weighted by Crippen LogP contribution is -2.18. The maximum atomic E-state index is 9.72. The molecule has 0 aromatic carbocycles. The minimum Gasteiger partial charge on any atom is -0.480 e. The van der Waals surface area contributed by atoms with Crippen molar-refractivity contribution in [3.63, 3.8) is 0 Å². The lowest BCUT2D eigenvalue weighted by atomic mass is 10.7. The summed E-state index contributed by atoms with van der Waals surface area (Å²) in [6.07, 6.45) is 0.432.